The summed E-state index contributed by atoms with van der Waals surface area (Å²) in [4.78, 5) is 6.73. The largest absolute Gasteiger partial charge is 0.465 e. The average molecular weight is 225 g/mol. The van der Waals surface area contributed by atoms with Crippen LogP contribution in [0.2, 0.25) is 0 Å². The molecule has 0 saturated carbocycles. The summed E-state index contributed by atoms with van der Waals surface area (Å²) in [5.74, 6) is 0.848. The molecule has 1 atom stereocenters. The lowest BCUT2D eigenvalue weighted by atomic mass is 9.94. The number of likely N-dealkylation sites (tertiary alicyclic amines) is 1. The van der Waals surface area contributed by atoms with E-state index in [4.69, 9.17) is 4.74 Å². The van der Waals surface area contributed by atoms with E-state index in [9.17, 15) is 0 Å². The molecule has 0 spiro atoms. The van der Waals surface area contributed by atoms with Gasteiger partial charge in [-0.2, -0.15) is 0 Å². The lowest BCUT2D eigenvalue weighted by Crippen LogP contribution is -2.43. The van der Waals surface area contributed by atoms with E-state index in [0.29, 0.717) is 0 Å². The molecule has 2 aliphatic rings. The lowest BCUT2D eigenvalue weighted by molar-refractivity contribution is 0.161. The molecule has 1 unspecified atom stereocenters. The van der Waals surface area contributed by atoms with Crippen molar-refractivity contribution in [2.45, 2.75) is 39.3 Å². The standard InChI is InChI=1S/C12H23N3O/c1-3-15-7-4-11(5-8-15)6-9-16-12-13-10(2)14-12/h10-11H,3-9H2,1-2H3,(H,13,14). The van der Waals surface area contributed by atoms with Gasteiger partial charge in [0.1, 0.15) is 6.17 Å². The van der Waals surface area contributed by atoms with Gasteiger partial charge >= 0.3 is 0 Å². The highest BCUT2D eigenvalue weighted by atomic mass is 16.5. The number of amidine groups is 1. The van der Waals surface area contributed by atoms with E-state index in [2.05, 4.69) is 22.1 Å². The van der Waals surface area contributed by atoms with E-state index < -0.39 is 0 Å². The van der Waals surface area contributed by atoms with Gasteiger partial charge in [-0.15, -0.1) is 0 Å². The SMILES string of the molecule is CCN1CCC(CCOC2=NC(C)N2)CC1. The zero-order chi connectivity index (χ0) is 11.4. The summed E-state index contributed by atoms with van der Waals surface area (Å²) in [5, 5.41) is 3.12. The molecule has 0 amide bonds. The van der Waals surface area contributed by atoms with Gasteiger partial charge in [0.25, 0.3) is 6.02 Å². The number of hydrogen-bond donors (Lipinski definition) is 1. The first-order valence-corrected chi connectivity index (χ1v) is 6.47. The number of hydrogen-bond acceptors (Lipinski definition) is 4. The second-order valence-electron chi connectivity index (χ2n) is 4.77. The average Bonchev–Trinajstić information content (AvgIpc) is 2.27. The quantitative estimate of drug-likeness (QED) is 0.786. The molecule has 2 aliphatic heterocycles. The van der Waals surface area contributed by atoms with Crippen LogP contribution in [-0.4, -0.2) is 43.3 Å². The van der Waals surface area contributed by atoms with Crippen molar-refractivity contribution in [3.63, 3.8) is 0 Å². The highest BCUT2D eigenvalue weighted by Gasteiger charge is 2.19. The summed E-state index contributed by atoms with van der Waals surface area (Å²) in [6.07, 6.45) is 4.08. The Bertz CT molecular complexity index is 247. The maximum atomic E-state index is 5.53. The predicted molar refractivity (Wildman–Crippen MR) is 65.4 cm³/mol. The van der Waals surface area contributed by atoms with Gasteiger partial charge < -0.3 is 15.0 Å². The van der Waals surface area contributed by atoms with Crippen LogP contribution in [0.15, 0.2) is 4.99 Å². The summed E-state index contributed by atoms with van der Waals surface area (Å²) < 4.78 is 5.53. The number of rotatable bonds is 4. The Morgan fingerprint density at radius 2 is 2.12 bits per heavy atom. The van der Waals surface area contributed by atoms with Gasteiger partial charge in [0.2, 0.25) is 0 Å². The minimum atomic E-state index is 0.253. The summed E-state index contributed by atoms with van der Waals surface area (Å²) in [6.45, 7) is 8.80. The van der Waals surface area contributed by atoms with Gasteiger partial charge in [-0.1, -0.05) is 6.92 Å². The fourth-order valence-corrected chi connectivity index (χ4v) is 2.35. The second kappa shape index (κ2) is 5.53. The number of piperidine rings is 1. The van der Waals surface area contributed by atoms with Gasteiger partial charge in [0.05, 0.1) is 6.61 Å². The molecule has 0 bridgehead atoms. The van der Waals surface area contributed by atoms with Crippen LogP contribution in [0.1, 0.15) is 33.1 Å². The molecule has 16 heavy (non-hydrogen) atoms. The van der Waals surface area contributed by atoms with Gasteiger partial charge in [0, 0.05) is 0 Å². The lowest BCUT2D eigenvalue weighted by Gasteiger charge is -2.31. The van der Waals surface area contributed by atoms with Crippen LogP contribution in [0.4, 0.5) is 0 Å². The Labute approximate surface area is 98.1 Å². The fourth-order valence-electron chi connectivity index (χ4n) is 2.35. The molecular formula is C12H23N3O. The smallest absolute Gasteiger partial charge is 0.288 e. The number of nitrogens with one attached hydrogen (secondary N) is 1. The molecule has 2 rings (SSSR count). The molecule has 0 radical (unpaired) electrons. The Hall–Kier alpha value is -0.770. The van der Waals surface area contributed by atoms with Gasteiger partial charge in [-0.25, -0.2) is 4.99 Å². The van der Waals surface area contributed by atoms with E-state index in [1.807, 2.05) is 6.92 Å². The predicted octanol–water partition coefficient (Wildman–Crippen LogP) is 1.43. The number of ether oxygens (including phenoxy) is 1. The Morgan fingerprint density at radius 1 is 1.44 bits per heavy atom. The first kappa shape index (κ1) is 11.7. The first-order chi connectivity index (χ1) is 7.78. The molecule has 1 fully saturated rings. The van der Waals surface area contributed by atoms with Crippen molar-refractivity contribution in [2.24, 2.45) is 10.9 Å². The van der Waals surface area contributed by atoms with Gasteiger partial charge in [-0.05, 0) is 51.7 Å². The molecular weight excluding hydrogens is 202 g/mol. The van der Waals surface area contributed by atoms with E-state index >= 15 is 0 Å². The zero-order valence-corrected chi connectivity index (χ0v) is 10.4. The van der Waals surface area contributed by atoms with Crippen molar-refractivity contribution < 1.29 is 4.74 Å². The third-order valence-electron chi connectivity index (χ3n) is 3.56. The van der Waals surface area contributed by atoms with Crippen molar-refractivity contribution >= 4 is 6.02 Å². The van der Waals surface area contributed by atoms with Crippen molar-refractivity contribution in [1.29, 1.82) is 0 Å². The highest BCUT2D eigenvalue weighted by Crippen LogP contribution is 2.20. The summed E-state index contributed by atoms with van der Waals surface area (Å²) in [7, 11) is 0. The maximum Gasteiger partial charge on any atom is 0.288 e. The topological polar surface area (TPSA) is 36.9 Å². The molecule has 2 heterocycles. The van der Waals surface area contributed by atoms with E-state index in [-0.39, 0.29) is 6.17 Å². The van der Waals surface area contributed by atoms with Crippen LogP contribution < -0.4 is 5.32 Å². The molecule has 4 heteroatoms. The maximum absolute atomic E-state index is 5.53. The third kappa shape index (κ3) is 3.11. The van der Waals surface area contributed by atoms with Crippen LogP contribution in [0, 0.1) is 5.92 Å². The molecule has 0 aromatic rings. The molecule has 1 N–H and O–H groups in total. The monoisotopic (exact) mass is 225 g/mol. The normalized spacial score (nSPS) is 26.9. The first-order valence-electron chi connectivity index (χ1n) is 6.47. The number of nitrogens with zero attached hydrogens (tertiary/aromatic N) is 2. The van der Waals surface area contributed by atoms with Crippen molar-refractivity contribution in [1.82, 2.24) is 10.2 Å². The van der Waals surface area contributed by atoms with E-state index in [0.717, 1.165) is 18.5 Å². The second-order valence-corrected chi connectivity index (χ2v) is 4.77. The van der Waals surface area contributed by atoms with E-state index in [1.54, 1.807) is 0 Å². The van der Waals surface area contributed by atoms with Crippen molar-refractivity contribution in [3.8, 4) is 0 Å². The third-order valence-corrected chi connectivity index (χ3v) is 3.56. The fraction of sp³-hybridized carbons (Fsp3) is 0.917. The van der Waals surface area contributed by atoms with Crippen LogP contribution >= 0.6 is 0 Å². The summed E-state index contributed by atoms with van der Waals surface area (Å²) in [6, 6.07) is 0.735. The van der Waals surface area contributed by atoms with Crippen molar-refractivity contribution in [3.05, 3.63) is 0 Å². The van der Waals surface area contributed by atoms with Gasteiger partial charge in [-0.3, -0.25) is 0 Å². The van der Waals surface area contributed by atoms with Crippen LogP contribution in [0.3, 0.4) is 0 Å². The Kier molecular flexibility index (Phi) is 4.04. The number of aliphatic imine (C=N–C) groups is 1. The summed E-state index contributed by atoms with van der Waals surface area (Å²) >= 11 is 0. The molecule has 0 aromatic heterocycles. The molecule has 4 nitrogen and oxygen atoms in total. The van der Waals surface area contributed by atoms with Gasteiger partial charge in [0.15, 0.2) is 0 Å². The molecule has 1 saturated heterocycles. The van der Waals surface area contributed by atoms with E-state index in [1.165, 1.54) is 38.9 Å². The zero-order valence-electron chi connectivity index (χ0n) is 10.4. The highest BCUT2D eigenvalue weighted by molar-refractivity contribution is 5.78. The van der Waals surface area contributed by atoms with Crippen LogP contribution in [0.25, 0.3) is 0 Å². The molecule has 0 aliphatic carbocycles. The minimum Gasteiger partial charge on any atom is -0.465 e. The minimum absolute atomic E-state index is 0.253. The molecule has 0 aromatic carbocycles. The summed E-state index contributed by atoms with van der Waals surface area (Å²) in [5.41, 5.74) is 0. The van der Waals surface area contributed by atoms with Crippen molar-refractivity contribution in [2.75, 3.05) is 26.2 Å². The Balaban J connectivity index is 1.56. The Morgan fingerprint density at radius 3 is 2.69 bits per heavy atom. The van der Waals surface area contributed by atoms with Crippen LogP contribution in [0.5, 0.6) is 0 Å². The molecule has 92 valence electrons. The van der Waals surface area contributed by atoms with Crippen LogP contribution in [-0.2, 0) is 4.74 Å².